The quantitative estimate of drug-likeness (QED) is 0.777. The van der Waals surface area contributed by atoms with Crippen molar-refractivity contribution < 1.29 is 14.3 Å². The third-order valence-corrected chi connectivity index (χ3v) is 2.65. The number of rotatable bonds is 6. The van der Waals surface area contributed by atoms with Gasteiger partial charge in [0.15, 0.2) is 0 Å². The van der Waals surface area contributed by atoms with Gasteiger partial charge in [0, 0.05) is 18.9 Å². The van der Waals surface area contributed by atoms with Gasteiger partial charge >= 0.3 is 0 Å². The van der Waals surface area contributed by atoms with Crippen LogP contribution in [0.3, 0.4) is 0 Å². The van der Waals surface area contributed by atoms with Gasteiger partial charge in [-0.2, -0.15) is 0 Å². The zero-order valence-electron chi connectivity index (χ0n) is 11.2. The van der Waals surface area contributed by atoms with E-state index in [-0.39, 0.29) is 17.5 Å². The van der Waals surface area contributed by atoms with Crippen LogP contribution < -0.4 is 15.8 Å². The number of thiocarbonyl (C=S) groups is 1. The van der Waals surface area contributed by atoms with Crippen LogP contribution in [0, 0.1) is 0 Å². The van der Waals surface area contributed by atoms with E-state index >= 15 is 0 Å². The van der Waals surface area contributed by atoms with Crippen molar-refractivity contribution in [2.45, 2.75) is 19.4 Å². The molecule has 1 rings (SSSR count). The Bertz CT molecular complexity index is 475. The van der Waals surface area contributed by atoms with E-state index < -0.39 is 5.60 Å². The number of carbonyl (C=O) groups is 1. The van der Waals surface area contributed by atoms with Crippen LogP contribution in [0.4, 0.5) is 5.69 Å². The molecule has 0 saturated heterocycles. The second-order valence-electron chi connectivity index (χ2n) is 4.45. The van der Waals surface area contributed by atoms with Gasteiger partial charge in [0.2, 0.25) is 0 Å². The monoisotopic (exact) mass is 282 g/mol. The SMILES string of the molecule is COC(C)(C)C(=O)Nc1cccc(OCC(N)=S)c1. The van der Waals surface area contributed by atoms with Gasteiger partial charge in [0.05, 0.1) is 0 Å². The lowest BCUT2D eigenvalue weighted by Crippen LogP contribution is -2.38. The van der Waals surface area contributed by atoms with Gasteiger partial charge in [-0.25, -0.2) is 0 Å². The van der Waals surface area contributed by atoms with Gasteiger partial charge in [-0.1, -0.05) is 18.3 Å². The van der Waals surface area contributed by atoms with Crippen LogP contribution in [0.15, 0.2) is 24.3 Å². The van der Waals surface area contributed by atoms with Crippen molar-refractivity contribution in [2.75, 3.05) is 19.0 Å². The summed E-state index contributed by atoms with van der Waals surface area (Å²) in [7, 11) is 1.49. The molecular weight excluding hydrogens is 264 g/mol. The normalized spacial score (nSPS) is 10.9. The smallest absolute Gasteiger partial charge is 0.256 e. The van der Waals surface area contributed by atoms with Crippen molar-refractivity contribution in [1.29, 1.82) is 0 Å². The molecule has 1 aromatic carbocycles. The fourth-order valence-electron chi connectivity index (χ4n) is 1.19. The molecule has 0 aromatic heterocycles. The summed E-state index contributed by atoms with van der Waals surface area (Å²) in [5.41, 5.74) is 5.08. The number of benzene rings is 1. The van der Waals surface area contributed by atoms with Gasteiger partial charge in [-0.05, 0) is 26.0 Å². The third kappa shape index (κ3) is 4.84. The first-order valence-corrected chi connectivity index (χ1v) is 6.14. The number of hydrogen-bond acceptors (Lipinski definition) is 4. The van der Waals surface area contributed by atoms with Crippen LogP contribution in [0.5, 0.6) is 5.75 Å². The number of ether oxygens (including phenoxy) is 2. The van der Waals surface area contributed by atoms with Gasteiger partial charge in [0.25, 0.3) is 5.91 Å². The molecular formula is C13H18N2O3S. The van der Waals surface area contributed by atoms with Crippen molar-refractivity contribution in [1.82, 2.24) is 0 Å². The van der Waals surface area contributed by atoms with Crippen LogP contribution in [0.1, 0.15) is 13.8 Å². The summed E-state index contributed by atoms with van der Waals surface area (Å²) < 4.78 is 10.5. The van der Waals surface area contributed by atoms with Gasteiger partial charge in [0.1, 0.15) is 22.9 Å². The molecule has 3 N–H and O–H groups in total. The summed E-state index contributed by atoms with van der Waals surface area (Å²) >= 11 is 4.73. The minimum absolute atomic E-state index is 0.163. The largest absolute Gasteiger partial charge is 0.486 e. The standard InChI is InChI=1S/C13H18N2O3S/c1-13(2,17-3)12(16)15-9-5-4-6-10(7-9)18-8-11(14)19/h4-7H,8H2,1-3H3,(H2,14,19)(H,15,16). The predicted molar refractivity (Wildman–Crippen MR) is 78.4 cm³/mol. The van der Waals surface area contributed by atoms with E-state index in [1.54, 1.807) is 38.1 Å². The van der Waals surface area contributed by atoms with Gasteiger partial charge in [-0.15, -0.1) is 0 Å². The van der Waals surface area contributed by atoms with E-state index in [1.165, 1.54) is 7.11 Å². The zero-order valence-corrected chi connectivity index (χ0v) is 12.0. The molecule has 0 atom stereocenters. The Morgan fingerprint density at radius 2 is 2.16 bits per heavy atom. The molecule has 6 heteroatoms. The molecule has 104 valence electrons. The summed E-state index contributed by atoms with van der Waals surface area (Å²) in [6, 6.07) is 6.99. The highest BCUT2D eigenvalue weighted by Gasteiger charge is 2.26. The molecule has 0 bridgehead atoms. The summed E-state index contributed by atoms with van der Waals surface area (Å²) in [6.07, 6.45) is 0. The van der Waals surface area contributed by atoms with Crippen molar-refractivity contribution in [3.8, 4) is 5.75 Å². The summed E-state index contributed by atoms with van der Waals surface area (Å²) in [5, 5.41) is 2.75. The lowest BCUT2D eigenvalue weighted by Gasteiger charge is -2.21. The Morgan fingerprint density at radius 3 is 2.74 bits per heavy atom. The fraction of sp³-hybridized carbons (Fsp3) is 0.385. The van der Waals surface area contributed by atoms with Gasteiger partial charge in [-0.3, -0.25) is 4.79 Å². The molecule has 19 heavy (non-hydrogen) atoms. The van der Waals surface area contributed by atoms with E-state index in [1.807, 2.05) is 0 Å². The van der Waals surface area contributed by atoms with E-state index in [4.69, 9.17) is 27.4 Å². The fourth-order valence-corrected chi connectivity index (χ4v) is 1.25. The lowest BCUT2D eigenvalue weighted by molar-refractivity contribution is -0.133. The molecule has 0 aliphatic rings. The Morgan fingerprint density at radius 1 is 1.47 bits per heavy atom. The molecule has 0 heterocycles. The van der Waals surface area contributed by atoms with E-state index in [9.17, 15) is 4.79 Å². The highest BCUT2D eigenvalue weighted by Crippen LogP contribution is 2.19. The molecule has 1 aromatic rings. The lowest BCUT2D eigenvalue weighted by atomic mass is 10.1. The van der Waals surface area contributed by atoms with Crippen LogP contribution in [0.2, 0.25) is 0 Å². The first kappa shape index (κ1) is 15.4. The minimum atomic E-state index is -0.893. The molecule has 1 amide bonds. The molecule has 0 radical (unpaired) electrons. The number of methoxy groups -OCH3 is 1. The van der Waals surface area contributed by atoms with Crippen LogP contribution in [-0.4, -0.2) is 30.2 Å². The summed E-state index contributed by atoms with van der Waals surface area (Å²) in [6.45, 7) is 3.54. The van der Waals surface area contributed by atoms with Crippen molar-refractivity contribution >= 4 is 28.8 Å². The molecule has 0 fully saturated rings. The predicted octanol–water partition coefficient (Wildman–Crippen LogP) is 1.71. The average molecular weight is 282 g/mol. The summed E-state index contributed by atoms with van der Waals surface area (Å²) in [4.78, 5) is 12.2. The number of amides is 1. The Kier molecular flexibility index (Phi) is 5.26. The minimum Gasteiger partial charge on any atom is -0.486 e. The van der Waals surface area contributed by atoms with Crippen LogP contribution >= 0.6 is 12.2 Å². The maximum Gasteiger partial charge on any atom is 0.256 e. The number of anilines is 1. The number of nitrogens with two attached hydrogens (primary N) is 1. The van der Waals surface area contributed by atoms with E-state index in [0.29, 0.717) is 11.4 Å². The topological polar surface area (TPSA) is 73.6 Å². The van der Waals surface area contributed by atoms with Crippen molar-refractivity contribution in [3.63, 3.8) is 0 Å². The van der Waals surface area contributed by atoms with Crippen LogP contribution in [0.25, 0.3) is 0 Å². The first-order valence-electron chi connectivity index (χ1n) is 5.73. The maximum absolute atomic E-state index is 11.9. The van der Waals surface area contributed by atoms with Crippen molar-refractivity contribution in [3.05, 3.63) is 24.3 Å². The molecule has 0 spiro atoms. The second kappa shape index (κ2) is 6.49. The maximum atomic E-state index is 11.9. The molecule has 0 aliphatic heterocycles. The summed E-state index contributed by atoms with van der Waals surface area (Å²) in [5.74, 6) is 0.349. The Hall–Kier alpha value is -1.66. The average Bonchev–Trinajstić information content (AvgIpc) is 2.36. The molecule has 0 aliphatic carbocycles. The van der Waals surface area contributed by atoms with Crippen LogP contribution in [-0.2, 0) is 9.53 Å². The second-order valence-corrected chi connectivity index (χ2v) is 4.98. The van der Waals surface area contributed by atoms with Gasteiger partial charge < -0.3 is 20.5 Å². The molecule has 0 unspecified atom stereocenters. The highest BCUT2D eigenvalue weighted by molar-refractivity contribution is 7.80. The Labute approximate surface area is 118 Å². The number of hydrogen-bond donors (Lipinski definition) is 2. The first-order chi connectivity index (χ1) is 8.85. The van der Waals surface area contributed by atoms with E-state index in [0.717, 1.165) is 0 Å². The zero-order chi connectivity index (χ0) is 14.5. The van der Waals surface area contributed by atoms with E-state index in [2.05, 4.69) is 5.32 Å². The molecule has 0 saturated carbocycles. The number of carbonyl (C=O) groups excluding carboxylic acids is 1. The molecule has 5 nitrogen and oxygen atoms in total. The number of nitrogens with one attached hydrogen (secondary N) is 1. The van der Waals surface area contributed by atoms with Crippen molar-refractivity contribution in [2.24, 2.45) is 5.73 Å². The Balaban J connectivity index is 2.72. The highest BCUT2D eigenvalue weighted by atomic mass is 32.1. The third-order valence-electron chi connectivity index (χ3n) is 2.53.